The van der Waals surface area contributed by atoms with Gasteiger partial charge in [-0.15, -0.1) is 0 Å². The Hall–Kier alpha value is -7.37. The highest BCUT2D eigenvalue weighted by molar-refractivity contribution is 6.16. The molecule has 3 heterocycles. The van der Waals surface area contributed by atoms with Crippen LogP contribution in [0.25, 0.3) is 101 Å². The van der Waals surface area contributed by atoms with Crippen molar-refractivity contribution in [2.24, 2.45) is 0 Å². The average molecular weight is 719 g/mol. The lowest BCUT2D eigenvalue weighted by Crippen LogP contribution is -2.01. The normalized spacial score (nSPS) is 12.4. The van der Waals surface area contributed by atoms with Crippen LogP contribution in [-0.4, -0.2) is 19.5 Å². The summed E-state index contributed by atoms with van der Waals surface area (Å²) >= 11 is 0. The van der Waals surface area contributed by atoms with Gasteiger partial charge in [0.2, 0.25) is 0 Å². The Kier molecular flexibility index (Phi) is 7.56. The summed E-state index contributed by atoms with van der Waals surface area (Å²) < 4.78 is 8.99. The van der Waals surface area contributed by atoms with Gasteiger partial charge in [0.25, 0.3) is 0 Å². The standard InChI is InChI=1S/C51H34N4O/c1-3-13-33(14-4-1)35-25-29-37(30-26-35)49-52-50(38-31-27-36(28-32-38)34-15-5-2-6-16-34)54-51(53-49)42-20-12-22-44-47(42)41-18-7-9-21-43(41)55(44)45-23-11-19-40-39-17-8-10-24-46(39)56-48(40)45/h1-9,11-23,25-32H,10,24H2. The molecule has 7 aromatic carbocycles. The maximum Gasteiger partial charge on any atom is 0.164 e. The van der Waals surface area contributed by atoms with Gasteiger partial charge in [0.1, 0.15) is 5.76 Å². The summed E-state index contributed by atoms with van der Waals surface area (Å²) in [6, 6.07) is 59.3. The topological polar surface area (TPSA) is 56.7 Å². The zero-order valence-corrected chi connectivity index (χ0v) is 30.4. The predicted octanol–water partition coefficient (Wildman–Crippen LogP) is 13.0. The van der Waals surface area contributed by atoms with Crippen LogP contribution in [-0.2, 0) is 6.42 Å². The third-order valence-corrected chi connectivity index (χ3v) is 10.9. The van der Waals surface area contributed by atoms with Gasteiger partial charge in [-0.25, -0.2) is 15.0 Å². The molecular weight excluding hydrogens is 685 g/mol. The monoisotopic (exact) mass is 718 g/mol. The van der Waals surface area contributed by atoms with Crippen LogP contribution in [0.2, 0.25) is 0 Å². The van der Waals surface area contributed by atoms with E-state index < -0.39 is 0 Å². The van der Waals surface area contributed by atoms with E-state index in [1.807, 2.05) is 12.1 Å². The molecule has 11 rings (SSSR count). The maximum atomic E-state index is 6.66. The fourth-order valence-electron chi connectivity index (χ4n) is 8.24. The number of hydrogen-bond acceptors (Lipinski definition) is 4. The molecule has 3 aromatic heterocycles. The van der Waals surface area contributed by atoms with Gasteiger partial charge < -0.3 is 8.98 Å². The van der Waals surface area contributed by atoms with Crippen molar-refractivity contribution in [3.63, 3.8) is 0 Å². The van der Waals surface area contributed by atoms with Crippen LogP contribution in [0.5, 0.6) is 0 Å². The van der Waals surface area contributed by atoms with E-state index in [4.69, 9.17) is 19.4 Å². The molecule has 0 bridgehead atoms. The Bertz CT molecular complexity index is 3000. The highest BCUT2D eigenvalue weighted by atomic mass is 16.3. The van der Waals surface area contributed by atoms with Crippen LogP contribution in [0.3, 0.4) is 0 Å². The second kappa shape index (κ2) is 13.2. The Morgan fingerprint density at radius 1 is 0.446 bits per heavy atom. The van der Waals surface area contributed by atoms with Gasteiger partial charge in [-0.2, -0.15) is 0 Å². The minimum Gasteiger partial charge on any atom is -0.458 e. The molecule has 0 atom stereocenters. The van der Waals surface area contributed by atoms with Gasteiger partial charge >= 0.3 is 0 Å². The molecule has 56 heavy (non-hydrogen) atoms. The Balaban J connectivity index is 1.11. The van der Waals surface area contributed by atoms with Crippen LogP contribution in [0.4, 0.5) is 0 Å². The van der Waals surface area contributed by atoms with Crippen LogP contribution in [0, 0.1) is 0 Å². The smallest absolute Gasteiger partial charge is 0.164 e. The van der Waals surface area contributed by atoms with E-state index in [-0.39, 0.29) is 0 Å². The number of nitrogens with zero attached hydrogens (tertiary/aromatic N) is 4. The van der Waals surface area contributed by atoms with E-state index in [2.05, 4.69) is 174 Å². The van der Waals surface area contributed by atoms with Crippen molar-refractivity contribution in [3.05, 3.63) is 187 Å². The summed E-state index contributed by atoms with van der Waals surface area (Å²) in [5.41, 5.74) is 12.7. The minimum atomic E-state index is 0.620. The summed E-state index contributed by atoms with van der Waals surface area (Å²) in [7, 11) is 0. The van der Waals surface area contributed by atoms with E-state index in [0.29, 0.717) is 17.5 Å². The van der Waals surface area contributed by atoms with Crippen LogP contribution < -0.4 is 0 Å². The number of rotatable bonds is 6. The van der Waals surface area contributed by atoms with Gasteiger partial charge in [-0.05, 0) is 46.9 Å². The first-order valence-corrected chi connectivity index (χ1v) is 19.1. The molecule has 0 saturated carbocycles. The Morgan fingerprint density at radius 3 is 1.66 bits per heavy atom. The molecule has 0 aliphatic heterocycles. The van der Waals surface area contributed by atoms with Crippen molar-refractivity contribution < 1.29 is 4.42 Å². The van der Waals surface area contributed by atoms with Crippen molar-refractivity contribution in [2.45, 2.75) is 12.8 Å². The lowest BCUT2D eigenvalue weighted by molar-refractivity contribution is 0.545. The van der Waals surface area contributed by atoms with E-state index in [9.17, 15) is 0 Å². The summed E-state index contributed by atoms with van der Waals surface area (Å²) in [5, 5.41) is 3.34. The second-order valence-electron chi connectivity index (χ2n) is 14.3. The molecule has 5 heteroatoms. The largest absolute Gasteiger partial charge is 0.458 e. The molecule has 0 unspecified atom stereocenters. The van der Waals surface area contributed by atoms with E-state index in [1.54, 1.807) is 0 Å². The molecule has 0 fully saturated rings. The zero-order chi connectivity index (χ0) is 37.0. The second-order valence-corrected chi connectivity index (χ2v) is 14.3. The number of hydrogen-bond donors (Lipinski definition) is 0. The molecule has 264 valence electrons. The molecular formula is C51H34N4O. The molecule has 1 aliphatic carbocycles. The van der Waals surface area contributed by atoms with Crippen molar-refractivity contribution in [3.8, 4) is 62.1 Å². The van der Waals surface area contributed by atoms with Gasteiger partial charge in [-0.3, -0.25) is 0 Å². The van der Waals surface area contributed by atoms with Gasteiger partial charge in [0, 0.05) is 44.8 Å². The fourth-order valence-corrected chi connectivity index (χ4v) is 8.24. The van der Waals surface area contributed by atoms with Crippen LogP contribution in [0.15, 0.2) is 180 Å². The Morgan fingerprint density at radius 2 is 0.982 bits per heavy atom. The maximum absolute atomic E-state index is 6.66. The summed E-state index contributed by atoms with van der Waals surface area (Å²) in [6.07, 6.45) is 6.35. The minimum absolute atomic E-state index is 0.620. The summed E-state index contributed by atoms with van der Waals surface area (Å²) in [5.74, 6) is 2.91. The summed E-state index contributed by atoms with van der Waals surface area (Å²) in [4.78, 5) is 15.6. The fraction of sp³-hybridized carbons (Fsp3) is 0.0392. The highest BCUT2D eigenvalue weighted by Gasteiger charge is 2.23. The molecule has 0 N–H and O–H groups in total. The molecule has 0 radical (unpaired) electrons. The number of allylic oxidation sites excluding steroid dienone is 1. The number of aryl methyl sites for hydroxylation is 1. The molecule has 5 nitrogen and oxygen atoms in total. The third kappa shape index (κ3) is 5.36. The average Bonchev–Trinajstić information content (AvgIpc) is 3.83. The number of furan rings is 1. The molecule has 1 aliphatic rings. The van der Waals surface area contributed by atoms with Gasteiger partial charge in [-0.1, -0.05) is 164 Å². The van der Waals surface area contributed by atoms with Gasteiger partial charge in [0.05, 0.1) is 16.7 Å². The van der Waals surface area contributed by atoms with E-state index in [1.165, 1.54) is 16.7 Å². The quantitative estimate of drug-likeness (QED) is 0.172. The Labute approximate surface area is 323 Å². The molecule has 10 aromatic rings. The number of fused-ring (bicyclic) bond motifs is 6. The first-order valence-electron chi connectivity index (χ1n) is 19.1. The number of aromatic nitrogens is 4. The van der Waals surface area contributed by atoms with E-state index in [0.717, 1.165) is 84.9 Å². The van der Waals surface area contributed by atoms with Gasteiger partial charge in [0.15, 0.2) is 23.1 Å². The first kappa shape index (κ1) is 32.1. The highest BCUT2D eigenvalue weighted by Crippen LogP contribution is 2.41. The van der Waals surface area contributed by atoms with Crippen molar-refractivity contribution >= 4 is 38.9 Å². The van der Waals surface area contributed by atoms with Crippen molar-refractivity contribution in [1.29, 1.82) is 0 Å². The number of para-hydroxylation sites is 2. The molecule has 0 amide bonds. The predicted molar refractivity (Wildman–Crippen MR) is 228 cm³/mol. The third-order valence-electron chi connectivity index (χ3n) is 10.9. The molecule has 0 spiro atoms. The zero-order valence-electron chi connectivity index (χ0n) is 30.4. The summed E-state index contributed by atoms with van der Waals surface area (Å²) in [6.45, 7) is 0. The van der Waals surface area contributed by atoms with Crippen LogP contribution in [0.1, 0.15) is 17.7 Å². The van der Waals surface area contributed by atoms with Crippen LogP contribution >= 0.6 is 0 Å². The number of benzene rings is 7. The lowest BCUT2D eigenvalue weighted by Gasteiger charge is -2.11. The first-order chi connectivity index (χ1) is 27.8. The SMILES string of the molecule is C1=Cc2c(oc3c(-n4c5ccccc5c5c(-c6nc(-c7ccc(-c8ccccc8)cc7)nc(-c7ccc(-c8ccccc8)cc7)n6)cccc54)cccc23)CC1. The van der Waals surface area contributed by atoms with E-state index >= 15 is 0 Å². The lowest BCUT2D eigenvalue weighted by atomic mass is 10.0. The van der Waals surface area contributed by atoms with Crippen molar-refractivity contribution in [2.75, 3.05) is 0 Å². The molecule has 0 saturated heterocycles. The van der Waals surface area contributed by atoms with Crippen molar-refractivity contribution in [1.82, 2.24) is 19.5 Å².